The first-order valence-corrected chi connectivity index (χ1v) is 5.29. The van der Waals surface area contributed by atoms with Crippen molar-refractivity contribution in [2.75, 3.05) is 0 Å². The number of amides is 1. The van der Waals surface area contributed by atoms with E-state index in [1.54, 1.807) is 13.0 Å². The summed E-state index contributed by atoms with van der Waals surface area (Å²) in [5, 5.41) is 11.7. The number of hydrogen-bond donors (Lipinski definition) is 2. The largest absolute Gasteiger partial charge is 0.481 e. The Morgan fingerprint density at radius 2 is 2.13 bits per heavy atom. The highest BCUT2D eigenvalue weighted by molar-refractivity contribution is 5.87. The van der Waals surface area contributed by atoms with Crippen LogP contribution in [-0.2, 0) is 9.59 Å². The van der Waals surface area contributed by atoms with E-state index in [0.717, 1.165) is 19.3 Å². The van der Waals surface area contributed by atoms with Gasteiger partial charge in [0.2, 0.25) is 5.91 Å². The van der Waals surface area contributed by atoms with E-state index in [4.69, 9.17) is 5.11 Å². The van der Waals surface area contributed by atoms with Crippen LogP contribution in [0.2, 0.25) is 0 Å². The van der Waals surface area contributed by atoms with Crippen molar-refractivity contribution in [1.82, 2.24) is 5.32 Å². The number of carbonyl (C=O) groups is 2. The molecule has 2 atom stereocenters. The van der Waals surface area contributed by atoms with Gasteiger partial charge in [0, 0.05) is 6.04 Å². The topological polar surface area (TPSA) is 66.4 Å². The molecule has 0 aromatic carbocycles. The molecule has 15 heavy (non-hydrogen) atoms. The zero-order valence-corrected chi connectivity index (χ0v) is 8.90. The van der Waals surface area contributed by atoms with Gasteiger partial charge in [-0.15, -0.1) is 0 Å². The lowest BCUT2D eigenvalue weighted by Gasteiger charge is -2.26. The SMILES string of the molecule is CC=CC(=O)NC1CCCC(C(=O)O)C1. The van der Waals surface area contributed by atoms with Gasteiger partial charge in [-0.05, 0) is 32.3 Å². The lowest BCUT2D eigenvalue weighted by atomic mass is 9.86. The number of allylic oxidation sites excluding steroid dienone is 1. The fourth-order valence-corrected chi connectivity index (χ4v) is 1.95. The molecule has 2 N–H and O–H groups in total. The van der Waals surface area contributed by atoms with E-state index in [1.807, 2.05) is 0 Å². The Bertz CT molecular complexity index is 273. The van der Waals surface area contributed by atoms with Crippen molar-refractivity contribution >= 4 is 11.9 Å². The summed E-state index contributed by atoms with van der Waals surface area (Å²) in [6.45, 7) is 1.78. The highest BCUT2D eigenvalue weighted by Gasteiger charge is 2.27. The number of nitrogens with one attached hydrogen (secondary N) is 1. The number of rotatable bonds is 3. The molecule has 0 radical (unpaired) electrons. The summed E-state index contributed by atoms with van der Waals surface area (Å²) in [4.78, 5) is 22.0. The summed E-state index contributed by atoms with van der Waals surface area (Å²) in [6.07, 6.45) is 6.17. The first-order valence-electron chi connectivity index (χ1n) is 5.29. The summed E-state index contributed by atoms with van der Waals surface area (Å²) in [5.74, 6) is -1.18. The Labute approximate surface area is 89.4 Å². The highest BCUT2D eigenvalue weighted by atomic mass is 16.4. The quantitative estimate of drug-likeness (QED) is 0.692. The maximum absolute atomic E-state index is 11.2. The van der Waals surface area contributed by atoms with Gasteiger partial charge in [0.25, 0.3) is 0 Å². The summed E-state index contributed by atoms with van der Waals surface area (Å²) in [6, 6.07) is 0.0172. The van der Waals surface area contributed by atoms with E-state index >= 15 is 0 Å². The third kappa shape index (κ3) is 3.73. The molecule has 0 heterocycles. The van der Waals surface area contributed by atoms with Crippen LogP contribution in [0.15, 0.2) is 12.2 Å². The van der Waals surface area contributed by atoms with Crippen molar-refractivity contribution in [1.29, 1.82) is 0 Å². The van der Waals surface area contributed by atoms with Gasteiger partial charge >= 0.3 is 5.97 Å². The first-order chi connectivity index (χ1) is 7.13. The van der Waals surface area contributed by atoms with Crippen molar-refractivity contribution in [3.8, 4) is 0 Å². The van der Waals surface area contributed by atoms with Gasteiger partial charge in [-0.1, -0.05) is 12.5 Å². The Balaban J connectivity index is 2.42. The summed E-state index contributed by atoms with van der Waals surface area (Å²) >= 11 is 0. The normalized spacial score (nSPS) is 26.5. The molecule has 0 aromatic heterocycles. The molecule has 4 heteroatoms. The predicted octanol–water partition coefficient (Wildman–Crippen LogP) is 1.32. The van der Waals surface area contributed by atoms with Gasteiger partial charge < -0.3 is 10.4 Å². The number of carbonyl (C=O) groups excluding carboxylic acids is 1. The molecular weight excluding hydrogens is 194 g/mol. The Morgan fingerprint density at radius 3 is 2.73 bits per heavy atom. The lowest BCUT2D eigenvalue weighted by molar-refractivity contribution is -0.143. The standard InChI is InChI=1S/C11H17NO3/c1-2-4-10(13)12-9-6-3-5-8(7-9)11(14)15/h2,4,8-9H,3,5-7H2,1H3,(H,12,13)(H,14,15). The van der Waals surface area contributed by atoms with Crippen LogP contribution >= 0.6 is 0 Å². The van der Waals surface area contributed by atoms with E-state index in [0.29, 0.717) is 6.42 Å². The van der Waals surface area contributed by atoms with Gasteiger partial charge in [-0.2, -0.15) is 0 Å². The van der Waals surface area contributed by atoms with Crippen LogP contribution in [0.1, 0.15) is 32.6 Å². The number of carboxylic acid groups (broad SMARTS) is 1. The molecular formula is C11H17NO3. The molecule has 1 aliphatic carbocycles. The smallest absolute Gasteiger partial charge is 0.306 e. The fraction of sp³-hybridized carbons (Fsp3) is 0.636. The number of carboxylic acids is 1. The average molecular weight is 211 g/mol. The van der Waals surface area contributed by atoms with Crippen molar-refractivity contribution < 1.29 is 14.7 Å². The maximum atomic E-state index is 11.2. The molecule has 1 amide bonds. The minimum absolute atomic E-state index is 0.0172. The van der Waals surface area contributed by atoms with Crippen LogP contribution in [0.3, 0.4) is 0 Å². The second kappa shape index (κ2) is 5.53. The van der Waals surface area contributed by atoms with E-state index in [1.165, 1.54) is 6.08 Å². The maximum Gasteiger partial charge on any atom is 0.306 e. The molecule has 0 bridgehead atoms. The van der Waals surface area contributed by atoms with Crippen LogP contribution in [0.4, 0.5) is 0 Å². The molecule has 0 saturated heterocycles. The number of aliphatic carboxylic acids is 1. The van der Waals surface area contributed by atoms with Crippen LogP contribution in [0.25, 0.3) is 0 Å². The second-order valence-electron chi connectivity index (χ2n) is 3.91. The average Bonchev–Trinajstić information content (AvgIpc) is 2.18. The molecule has 1 fully saturated rings. The van der Waals surface area contributed by atoms with Gasteiger partial charge in [0.1, 0.15) is 0 Å². The lowest BCUT2D eigenvalue weighted by Crippen LogP contribution is -2.39. The minimum Gasteiger partial charge on any atom is -0.481 e. The zero-order valence-electron chi connectivity index (χ0n) is 8.90. The van der Waals surface area contributed by atoms with Crippen molar-refractivity contribution in [3.05, 3.63) is 12.2 Å². The van der Waals surface area contributed by atoms with Crippen molar-refractivity contribution in [2.24, 2.45) is 5.92 Å². The van der Waals surface area contributed by atoms with Crippen molar-refractivity contribution in [2.45, 2.75) is 38.6 Å². The van der Waals surface area contributed by atoms with E-state index < -0.39 is 5.97 Å². The van der Waals surface area contributed by atoms with Gasteiger partial charge in [-0.25, -0.2) is 0 Å². The molecule has 1 saturated carbocycles. The molecule has 1 rings (SSSR count). The third-order valence-corrected chi connectivity index (χ3v) is 2.69. The summed E-state index contributed by atoms with van der Waals surface area (Å²) < 4.78 is 0. The van der Waals surface area contributed by atoms with Crippen LogP contribution < -0.4 is 5.32 Å². The fourth-order valence-electron chi connectivity index (χ4n) is 1.95. The Kier molecular flexibility index (Phi) is 4.34. The predicted molar refractivity (Wildman–Crippen MR) is 56.3 cm³/mol. The van der Waals surface area contributed by atoms with Gasteiger partial charge in [0.05, 0.1) is 5.92 Å². The van der Waals surface area contributed by atoms with Gasteiger partial charge in [0.15, 0.2) is 0 Å². The van der Waals surface area contributed by atoms with E-state index in [2.05, 4.69) is 5.32 Å². The monoisotopic (exact) mass is 211 g/mol. The highest BCUT2D eigenvalue weighted by Crippen LogP contribution is 2.24. The molecule has 84 valence electrons. The molecule has 2 unspecified atom stereocenters. The number of hydrogen-bond acceptors (Lipinski definition) is 2. The Hall–Kier alpha value is -1.32. The van der Waals surface area contributed by atoms with Crippen LogP contribution in [0.5, 0.6) is 0 Å². The van der Waals surface area contributed by atoms with Crippen LogP contribution in [-0.4, -0.2) is 23.0 Å². The molecule has 0 aliphatic heterocycles. The zero-order chi connectivity index (χ0) is 11.3. The minimum atomic E-state index is -0.750. The molecule has 1 aliphatic rings. The molecule has 0 aromatic rings. The Morgan fingerprint density at radius 1 is 1.40 bits per heavy atom. The first kappa shape index (κ1) is 11.8. The third-order valence-electron chi connectivity index (χ3n) is 2.69. The second-order valence-corrected chi connectivity index (χ2v) is 3.91. The van der Waals surface area contributed by atoms with Crippen LogP contribution in [0, 0.1) is 5.92 Å². The van der Waals surface area contributed by atoms with Gasteiger partial charge in [-0.3, -0.25) is 9.59 Å². The van der Waals surface area contributed by atoms with Crippen molar-refractivity contribution in [3.63, 3.8) is 0 Å². The van der Waals surface area contributed by atoms with E-state index in [9.17, 15) is 9.59 Å². The summed E-state index contributed by atoms with van der Waals surface area (Å²) in [7, 11) is 0. The molecule has 4 nitrogen and oxygen atoms in total. The summed E-state index contributed by atoms with van der Waals surface area (Å²) in [5.41, 5.74) is 0. The molecule has 0 spiro atoms. The van der Waals surface area contributed by atoms with E-state index in [-0.39, 0.29) is 17.9 Å².